The second kappa shape index (κ2) is 10.5. The monoisotopic (exact) mass is 552 g/mol. The van der Waals surface area contributed by atoms with E-state index in [1.807, 2.05) is 0 Å². The van der Waals surface area contributed by atoms with Crippen LogP contribution in [0, 0.1) is 0 Å². The molecule has 198 valence electrons. The van der Waals surface area contributed by atoms with E-state index in [2.05, 4.69) is 9.64 Å². The summed E-state index contributed by atoms with van der Waals surface area (Å²) in [5, 5.41) is 9.29. The second-order valence-corrected chi connectivity index (χ2v) is 11.0. The molecule has 7 nitrogen and oxygen atoms in total. The number of hydroxylamine groups is 1. The lowest BCUT2D eigenvalue weighted by atomic mass is 9.94. The number of amides is 1. The van der Waals surface area contributed by atoms with Crippen molar-refractivity contribution in [3.8, 4) is 16.9 Å². The predicted molar refractivity (Wildman–Crippen MR) is 124 cm³/mol. The van der Waals surface area contributed by atoms with Gasteiger partial charge >= 0.3 is 12.5 Å². The molecule has 0 aromatic heterocycles. The quantitative estimate of drug-likeness (QED) is 0.288. The minimum absolute atomic E-state index is 0. The maximum absolute atomic E-state index is 13.5. The molecule has 2 fully saturated rings. The summed E-state index contributed by atoms with van der Waals surface area (Å²) in [5.41, 5.74) is 2.56. The van der Waals surface area contributed by atoms with Crippen molar-refractivity contribution in [2.24, 2.45) is 0 Å². The molecule has 0 bridgehead atoms. The van der Waals surface area contributed by atoms with E-state index in [0.29, 0.717) is 30.3 Å². The molecular formula is C23H25ClF4N2O5S. The molecule has 1 saturated carbocycles. The summed E-state index contributed by atoms with van der Waals surface area (Å²) in [7, 11) is -4.17. The molecule has 2 N–H and O–H groups in total. The Morgan fingerprint density at radius 2 is 1.53 bits per heavy atom. The summed E-state index contributed by atoms with van der Waals surface area (Å²) < 4.78 is 80.1. The highest BCUT2D eigenvalue weighted by Gasteiger charge is 2.54. The summed E-state index contributed by atoms with van der Waals surface area (Å²) in [5.74, 6) is -1.42. The van der Waals surface area contributed by atoms with Crippen molar-refractivity contribution in [3.63, 3.8) is 0 Å². The average Bonchev–Trinajstić information content (AvgIpc) is 3.69. The highest BCUT2D eigenvalue weighted by molar-refractivity contribution is 7.93. The first-order valence-electron chi connectivity index (χ1n) is 11.0. The molecule has 4 rings (SSSR count). The number of nitrogens with zero attached hydrogens (tertiary/aromatic N) is 1. The van der Waals surface area contributed by atoms with E-state index in [0.717, 1.165) is 25.0 Å². The average molecular weight is 553 g/mol. The molecule has 0 unspecified atom stereocenters. The van der Waals surface area contributed by atoms with Gasteiger partial charge in [-0.3, -0.25) is 10.0 Å². The van der Waals surface area contributed by atoms with Gasteiger partial charge in [0.25, 0.3) is 5.91 Å². The summed E-state index contributed by atoms with van der Waals surface area (Å²) in [6.45, 7) is 0.850. The zero-order valence-corrected chi connectivity index (χ0v) is 20.5. The van der Waals surface area contributed by atoms with Crippen LogP contribution in [0.25, 0.3) is 11.1 Å². The predicted octanol–water partition coefficient (Wildman–Crippen LogP) is 4.29. The largest absolute Gasteiger partial charge is 0.461 e. The van der Waals surface area contributed by atoms with Crippen molar-refractivity contribution < 1.29 is 40.7 Å². The van der Waals surface area contributed by atoms with Crippen LogP contribution in [-0.4, -0.2) is 60.8 Å². The van der Waals surface area contributed by atoms with E-state index in [-0.39, 0.29) is 30.1 Å². The van der Waals surface area contributed by atoms with Gasteiger partial charge in [0.1, 0.15) is 5.75 Å². The molecule has 1 aliphatic heterocycles. The number of carbonyl (C=O) groups excluding carboxylic acids is 1. The topological polar surface area (TPSA) is 95.9 Å². The van der Waals surface area contributed by atoms with E-state index in [4.69, 9.17) is 0 Å². The Morgan fingerprint density at radius 3 is 1.97 bits per heavy atom. The van der Waals surface area contributed by atoms with Crippen LogP contribution in [0.2, 0.25) is 0 Å². The van der Waals surface area contributed by atoms with Gasteiger partial charge < -0.3 is 9.64 Å². The van der Waals surface area contributed by atoms with Gasteiger partial charge in [-0.15, -0.1) is 12.4 Å². The van der Waals surface area contributed by atoms with Gasteiger partial charge in [0.05, 0.1) is 4.90 Å². The number of rotatable bonds is 8. The molecule has 1 saturated heterocycles. The number of halogens is 5. The Bertz CT molecular complexity index is 1170. The Balaban J connectivity index is 0.00000361. The number of benzene rings is 2. The van der Waals surface area contributed by atoms with Gasteiger partial charge in [-0.2, -0.15) is 17.6 Å². The number of nitrogens with one attached hydrogen (secondary N) is 1. The molecule has 0 radical (unpaired) electrons. The zero-order chi connectivity index (χ0) is 25.4. The SMILES string of the molecule is Cl.O=C(NO)C1(S(=O)(=O)c2ccc(-c3ccc(OC(F)(F)C(F)F)cc3)cc2)CCN(C2CC2)CC1. The lowest BCUT2D eigenvalue weighted by Crippen LogP contribution is -2.58. The Morgan fingerprint density at radius 1 is 1.03 bits per heavy atom. The summed E-state index contributed by atoms with van der Waals surface area (Å²) >= 11 is 0. The van der Waals surface area contributed by atoms with Crippen LogP contribution in [0.4, 0.5) is 17.6 Å². The van der Waals surface area contributed by atoms with Gasteiger partial charge in [0, 0.05) is 19.1 Å². The number of hydrogen-bond acceptors (Lipinski definition) is 6. The summed E-state index contributed by atoms with van der Waals surface area (Å²) in [6, 6.07) is 11.0. The third-order valence-electron chi connectivity index (χ3n) is 6.56. The van der Waals surface area contributed by atoms with Gasteiger partial charge in [-0.05, 0) is 61.1 Å². The van der Waals surface area contributed by atoms with Gasteiger partial charge in [-0.25, -0.2) is 13.9 Å². The van der Waals surface area contributed by atoms with E-state index >= 15 is 0 Å². The van der Waals surface area contributed by atoms with Gasteiger partial charge in [-0.1, -0.05) is 24.3 Å². The lowest BCUT2D eigenvalue weighted by Gasteiger charge is -2.39. The lowest BCUT2D eigenvalue weighted by molar-refractivity contribution is -0.253. The molecular weight excluding hydrogens is 528 g/mol. The molecule has 1 heterocycles. The Hall–Kier alpha value is -2.41. The Labute approximate surface area is 211 Å². The highest BCUT2D eigenvalue weighted by Crippen LogP contribution is 2.39. The van der Waals surface area contributed by atoms with Crippen LogP contribution in [0.1, 0.15) is 25.7 Å². The fourth-order valence-electron chi connectivity index (χ4n) is 4.38. The van der Waals surface area contributed by atoms with Gasteiger partial charge in [0.2, 0.25) is 0 Å². The highest BCUT2D eigenvalue weighted by atomic mass is 35.5. The number of hydrogen-bond donors (Lipinski definition) is 2. The molecule has 2 aliphatic rings. The third-order valence-corrected chi connectivity index (χ3v) is 9.07. The van der Waals surface area contributed by atoms with E-state index in [1.165, 1.54) is 41.9 Å². The molecule has 1 aliphatic carbocycles. The van der Waals surface area contributed by atoms with Crippen molar-refractivity contribution in [3.05, 3.63) is 48.5 Å². The first kappa shape index (κ1) is 28.2. The smallest absolute Gasteiger partial charge is 0.428 e. The minimum Gasteiger partial charge on any atom is -0.428 e. The van der Waals surface area contributed by atoms with Crippen LogP contribution < -0.4 is 10.2 Å². The van der Waals surface area contributed by atoms with Gasteiger partial charge in [0.15, 0.2) is 14.6 Å². The number of likely N-dealkylation sites (tertiary alicyclic amines) is 1. The molecule has 2 aromatic carbocycles. The zero-order valence-electron chi connectivity index (χ0n) is 18.9. The normalized spacial score (nSPS) is 18.4. The summed E-state index contributed by atoms with van der Waals surface area (Å²) in [4.78, 5) is 14.7. The van der Waals surface area contributed by atoms with Crippen LogP contribution in [0.15, 0.2) is 53.4 Å². The molecule has 36 heavy (non-hydrogen) atoms. The number of sulfone groups is 1. The summed E-state index contributed by atoms with van der Waals surface area (Å²) in [6.07, 6.45) is -6.41. The van der Waals surface area contributed by atoms with Crippen molar-refractivity contribution in [1.29, 1.82) is 0 Å². The number of piperidine rings is 1. The maximum atomic E-state index is 13.5. The number of alkyl halides is 4. The number of ether oxygens (including phenoxy) is 1. The van der Waals surface area contributed by atoms with Crippen LogP contribution >= 0.6 is 12.4 Å². The van der Waals surface area contributed by atoms with Crippen molar-refractivity contribution in [2.75, 3.05) is 13.1 Å². The first-order chi connectivity index (χ1) is 16.5. The maximum Gasteiger partial charge on any atom is 0.461 e. The first-order valence-corrected chi connectivity index (χ1v) is 12.5. The molecule has 2 aromatic rings. The van der Waals surface area contributed by atoms with Crippen LogP contribution in [0.3, 0.4) is 0 Å². The van der Waals surface area contributed by atoms with Crippen molar-refractivity contribution in [1.82, 2.24) is 10.4 Å². The standard InChI is InChI=1S/C23H24F4N2O5S.ClH/c24-20(25)23(26,27)34-18-7-1-15(2-8-18)16-3-9-19(10-4-16)35(32,33)22(21(30)28-31)11-13-29(14-12-22)17-5-6-17;/h1-4,7-10,17,20,31H,5-6,11-14H2,(H,28,30);1H. The molecule has 13 heteroatoms. The van der Waals surface area contributed by atoms with Crippen molar-refractivity contribution >= 4 is 28.2 Å². The van der Waals surface area contributed by atoms with E-state index < -0.39 is 38.8 Å². The molecule has 1 amide bonds. The minimum atomic E-state index is -4.62. The fourth-order valence-corrected chi connectivity index (χ4v) is 6.33. The van der Waals surface area contributed by atoms with E-state index in [9.17, 15) is 36.0 Å². The van der Waals surface area contributed by atoms with Crippen molar-refractivity contribution in [2.45, 2.75) is 53.9 Å². The molecule has 0 atom stereocenters. The second-order valence-electron chi connectivity index (χ2n) is 8.72. The third kappa shape index (κ3) is 5.31. The fraction of sp³-hybridized carbons (Fsp3) is 0.435. The number of carbonyl (C=O) groups is 1. The Kier molecular flexibility index (Phi) is 8.23. The van der Waals surface area contributed by atoms with E-state index in [1.54, 1.807) is 0 Å². The van der Waals surface area contributed by atoms with Crippen LogP contribution in [0.5, 0.6) is 5.75 Å². The molecule has 0 spiro atoms. The van der Waals surface area contributed by atoms with Crippen LogP contribution in [-0.2, 0) is 14.6 Å².